The molecule has 0 spiro atoms. The molecule has 0 amide bonds. The van der Waals surface area contributed by atoms with Crippen molar-refractivity contribution >= 4 is 71.8 Å². The summed E-state index contributed by atoms with van der Waals surface area (Å²) in [5, 5.41) is 0.295. The predicted octanol–water partition coefficient (Wildman–Crippen LogP) is 3.74. The molecule has 0 radical (unpaired) electrons. The number of rotatable bonds is 4. The molecular weight excluding hydrogens is 423 g/mol. The Morgan fingerprint density at radius 3 is 2.62 bits per heavy atom. The van der Waals surface area contributed by atoms with Crippen LogP contribution in [0.5, 0.6) is 0 Å². The van der Waals surface area contributed by atoms with E-state index in [9.17, 15) is 12.8 Å². The van der Waals surface area contributed by atoms with E-state index in [1.165, 1.54) is 18.2 Å². The van der Waals surface area contributed by atoms with Gasteiger partial charge in [-0.2, -0.15) is 0 Å². The van der Waals surface area contributed by atoms with E-state index in [4.69, 9.17) is 29.6 Å². The molecule has 0 unspecified atom stereocenters. The molecule has 21 heavy (non-hydrogen) atoms. The number of hydrogen-bond donors (Lipinski definition) is 2. The summed E-state index contributed by atoms with van der Waals surface area (Å²) < 4.78 is 40.7. The molecule has 0 fully saturated rings. The van der Waals surface area contributed by atoms with Crippen molar-refractivity contribution in [1.29, 1.82) is 0 Å². The van der Waals surface area contributed by atoms with E-state index in [1.807, 2.05) is 0 Å². The van der Waals surface area contributed by atoms with Crippen LogP contribution in [0.1, 0.15) is 5.56 Å². The van der Waals surface area contributed by atoms with Crippen molar-refractivity contribution in [2.24, 2.45) is 5.73 Å². The first-order chi connectivity index (χ1) is 9.70. The number of hydrogen-bond acceptors (Lipinski definition) is 4. The third-order valence-corrected chi connectivity index (χ3v) is 6.92. The molecule has 0 aliphatic rings. The van der Waals surface area contributed by atoms with Crippen molar-refractivity contribution in [1.82, 2.24) is 0 Å². The molecule has 10 heteroatoms. The van der Waals surface area contributed by atoms with Gasteiger partial charge < -0.3 is 5.73 Å². The molecule has 0 atom stereocenters. The summed E-state index contributed by atoms with van der Waals surface area (Å²) in [7, 11) is -3.82. The summed E-state index contributed by atoms with van der Waals surface area (Å²) in [6, 6.07) is 4.92. The highest BCUT2D eigenvalue weighted by molar-refractivity contribution is 9.11. The van der Waals surface area contributed by atoms with Crippen LogP contribution < -0.4 is 10.5 Å². The van der Waals surface area contributed by atoms with E-state index < -0.39 is 15.8 Å². The number of sulfonamides is 1. The molecule has 0 aliphatic carbocycles. The van der Waals surface area contributed by atoms with Crippen LogP contribution in [-0.4, -0.2) is 13.4 Å². The van der Waals surface area contributed by atoms with Gasteiger partial charge in [0.05, 0.1) is 8.81 Å². The number of benzene rings is 1. The smallest absolute Gasteiger partial charge is 0.271 e. The topological polar surface area (TPSA) is 72.2 Å². The van der Waals surface area contributed by atoms with Gasteiger partial charge in [-0.15, -0.1) is 11.3 Å². The second kappa shape index (κ2) is 6.17. The molecular formula is C11H7BrClFN2O2S3. The standard InChI is InChI=1S/C11H7BrClFN2O2S3/c12-10-7(13)4-9(20-10)21(17,18)16-5-1-2-8(14)6(3-5)11(15)19/h1-4,16H,(H2,15,19). The van der Waals surface area contributed by atoms with Gasteiger partial charge in [0, 0.05) is 11.3 Å². The molecule has 1 aromatic carbocycles. The lowest BCUT2D eigenvalue weighted by molar-refractivity contribution is 0.603. The van der Waals surface area contributed by atoms with Crippen molar-refractivity contribution < 1.29 is 12.8 Å². The number of thiophene rings is 1. The highest BCUT2D eigenvalue weighted by atomic mass is 79.9. The van der Waals surface area contributed by atoms with Crippen molar-refractivity contribution in [3.63, 3.8) is 0 Å². The van der Waals surface area contributed by atoms with E-state index in [0.717, 1.165) is 17.4 Å². The van der Waals surface area contributed by atoms with Gasteiger partial charge in [-0.3, -0.25) is 4.72 Å². The fraction of sp³-hybridized carbons (Fsp3) is 0. The Labute approximate surface area is 143 Å². The Balaban J connectivity index is 2.37. The van der Waals surface area contributed by atoms with Gasteiger partial charge in [-0.25, -0.2) is 12.8 Å². The number of thiocarbonyl (C=S) groups is 1. The van der Waals surface area contributed by atoms with E-state index in [1.54, 1.807) is 0 Å². The Morgan fingerprint density at radius 1 is 1.43 bits per heavy atom. The second-order valence-electron chi connectivity index (χ2n) is 3.85. The monoisotopic (exact) mass is 428 g/mol. The summed E-state index contributed by atoms with van der Waals surface area (Å²) in [6.07, 6.45) is 0. The second-order valence-corrected chi connectivity index (χ2v) is 8.98. The molecule has 2 aromatic rings. The average molecular weight is 430 g/mol. The Hall–Kier alpha value is -0.740. The minimum absolute atomic E-state index is 0.0283. The van der Waals surface area contributed by atoms with Crippen LogP contribution in [0.4, 0.5) is 10.1 Å². The highest BCUT2D eigenvalue weighted by Crippen LogP contribution is 2.35. The fourth-order valence-corrected chi connectivity index (χ4v) is 5.05. The zero-order valence-corrected chi connectivity index (χ0v) is 14.9. The van der Waals surface area contributed by atoms with Crippen molar-refractivity contribution in [3.8, 4) is 0 Å². The van der Waals surface area contributed by atoms with E-state index in [0.29, 0.717) is 8.81 Å². The highest BCUT2D eigenvalue weighted by Gasteiger charge is 2.20. The quantitative estimate of drug-likeness (QED) is 0.726. The predicted molar refractivity (Wildman–Crippen MR) is 90.1 cm³/mol. The Morgan fingerprint density at radius 2 is 2.10 bits per heavy atom. The van der Waals surface area contributed by atoms with E-state index in [-0.39, 0.29) is 20.4 Å². The van der Waals surface area contributed by atoms with Gasteiger partial charge in [-0.05, 0) is 40.2 Å². The first-order valence-electron chi connectivity index (χ1n) is 5.27. The lowest BCUT2D eigenvalue weighted by Crippen LogP contribution is -2.15. The summed E-state index contributed by atoms with van der Waals surface area (Å²) in [6.45, 7) is 0. The van der Waals surface area contributed by atoms with Gasteiger partial charge >= 0.3 is 0 Å². The van der Waals surface area contributed by atoms with Gasteiger partial charge in [0.25, 0.3) is 10.0 Å². The van der Waals surface area contributed by atoms with Gasteiger partial charge in [0.1, 0.15) is 15.0 Å². The van der Waals surface area contributed by atoms with Crippen LogP contribution in [0.15, 0.2) is 32.3 Å². The summed E-state index contributed by atoms with van der Waals surface area (Å²) in [4.78, 5) is -0.157. The molecule has 1 heterocycles. The Bertz CT molecular complexity index is 803. The zero-order valence-electron chi connectivity index (χ0n) is 10.1. The number of nitrogens with one attached hydrogen (secondary N) is 1. The van der Waals surface area contributed by atoms with E-state index >= 15 is 0 Å². The SMILES string of the molecule is NC(=S)c1cc(NS(=O)(=O)c2cc(Cl)c(Br)s2)ccc1F. The maximum absolute atomic E-state index is 13.5. The molecule has 0 bridgehead atoms. The van der Waals surface area contributed by atoms with Crippen LogP contribution in [0, 0.1) is 5.82 Å². The maximum Gasteiger partial charge on any atom is 0.271 e. The van der Waals surface area contributed by atoms with Gasteiger partial charge in [-0.1, -0.05) is 23.8 Å². The molecule has 3 N–H and O–H groups in total. The molecule has 1 aromatic heterocycles. The third-order valence-electron chi connectivity index (χ3n) is 2.37. The lowest BCUT2D eigenvalue weighted by Gasteiger charge is -2.08. The zero-order chi connectivity index (χ0) is 15.8. The van der Waals surface area contributed by atoms with Crippen LogP contribution in [0.2, 0.25) is 5.02 Å². The van der Waals surface area contributed by atoms with Crippen LogP contribution in [0.25, 0.3) is 0 Å². The minimum atomic E-state index is -3.82. The number of nitrogens with two attached hydrogens (primary N) is 1. The molecule has 112 valence electrons. The van der Waals surface area contributed by atoms with Gasteiger partial charge in [0.2, 0.25) is 0 Å². The van der Waals surface area contributed by atoms with Crippen LogP contribution in [0.3, 0.4) is 0 Å². The first kappa shape index (κ1) is 16.6. The average Bonchev–Trinajstić information content (AvgIpc) is 2.72. The molecule has 2 rings (SSSR count). The first-order valence-corrected chi connectivity index (χ1v) is 9.15. The maximum atomic E-state index is 13.5. The van der Waals surface area contributed by atoms with Crippen molar-refractivity contribution in [2.75, 3.05) is 4.72 Å². The van der Waals surface area contributed by atoms with Crippen LogP contribution in [-0.2, 0) is 10.0 Å². The summed E-state index contributed by atoms with van der Waals surface area (Å²) >= 11 is 14.6. The normalized spacial score (nSPS) is 11.4. The molecule has 0 saturated carbocycles. The fourth-order valence-electron chi connectivity index (χ4n) is 1.44. The van der Waals surface area contributed by atoms with Gasteiger partial charge in [0.15, 0.2) is 0 Å². The Kier molecular flexibility index (Phi) is 4.89. The van der Waals surface area contributed by atoms with Crippen molar-refractivity contribution in [2.45, 2.75) is 4.21 Å². The summed E-state index contributed by atoms with van der Waals surface area (Å²) in [5.74, 6) is -0.618. The molecule has 4 nitrogen and oxygen atoms in total. The number of anilines is 1. The van der Waals surface area contributed by atoms with Crippen molar-refractivity contribution in [3.05, 3.63) is 44.5 Å². The van der Waals surface area contributed by atoms with E-state index in [2.05, 4.69) is 20.7 Å². The third kappa shape index (κ3) is 3.72. The molecule has 0 saturated heterocycles. The summed E-state index contributed by atoms with van der Waals surface area (Å²) in [5.41, 5.74) is 5.49. The largest absolute Gasteiger partial charge is 0.389 e. The minimum Gasteiger partial charge on any atom is -0.389 e. The lowest BCUT2D eigenvalue weighted by atomic mass is 10.2. The molecule has 0 aliphatic heterocycles. The van der Waals surface area contributed by atoms with Crippen LogP contribution >= 0.6 is 51.1 Å². The number of halogens is 3.